The van der Waals surface area contributed by atoms with Crippen LogP contribution in [0.4, 0.5) is 0 Å². The van der Waals surface area contributed by atoms with Crippen molar-refractivity contribution in [3.8, 4) is 10.6 Å². The SMILES string of the molecule is O=C(O)CN(C(=O)c1cnc(-c2ccsc2)s1)C1CCOCC1. The largest absolute Gasteiger partial charge is 0.480 e. The van der Waals surface area contributed by atoms with E-state index in [0.717, 1.165) is 10.6 Å². The van der Waals surface area contributed by atoms with Gasteiger partial charge in [-0.15, -0.1) is 11.3 Å². The van der Waals surface area contributed by atoms with Crippen molar-refractivity contribution < 1.29 is 19.4 Å². The average molecular weight is 352 g/mol. The van der Waals surface area contributed by atoms with E-state index in [1.54, 1.807) is 11.3 Å². The fourth-order valence-electron chi connectivity index (χ4n) is 2.54. The van der Waals surface area contributed by atoms with E-state index in [0.29, 0.717) is 30.9 Å². The Balaban J connectivity index is 1.81. The molecule has 0 spiro atoms. The summed E-state index contributed by atoms with van der Waals surface area (Å²) in [5.41, 5.74) is 0.981. The van der Waals surface area contributed by atoms with Crippen molar-refractivity contribution in [2.24, 2.45) is 0 Å². The Labute approximate surface area is 141 Å². The van der Waals surface area contributed by atoms with Crippen molar-refractivity contribution >= 4 is 34.6 Å². The summed E-state index contributed by atoms with van der Waals surface area (Å²) < 4.78 is 5.30. The van der Waals surface area contributed by atoms with Gasteiger partial charge < -0.3 is 14.7 Å². The molecule has 122 valence electrons. The van der Waals surface area contributed by atoms with E-state index in [1.165, 1.54) is 22.4 Å². The molecule has 2 aromatic rings. The number of carboxylic acid groups (broad SMARTS) is 1. The zero-order chi connectivity index (χ0) is 16.2. The third-order valence-electron chi connectivity index (χ3n) is 3.68. The fourth-order valence-corrected chi connectivity index (χ4v) is 4.13. The van der Waals surface area contributed by atoms with Crippen LogP contribution in [-0.2, 0) is 9.53 Å². The predicted molar refractivity (Wildman–Crippen MR) is 87.9 cm³/mol. The van der Waals surface area contributed by atoms with E-state index in [4.69, 9.17) is 9.84 Å². The van der Waals surface area contributed by atoms with E-state index < -0.39 is 5.97 Å². The van der Waals surface area contributed by atoms with Crippen molar-refractivity contribution in [3.63, 3.8) is 0 Å². The van der Waals surface area contributed by atoms with E-state index in [2.05, 4.69) is 4.98 Å². The van der Waals surface area contributed by atoms with Crippen molar-refractivity contribution in [3.05, 3.63) is 27.9 Å². The molecule has 0 atom stereocenters. The number of amides is 1. The van der Waals surface area contributed by atoms with Gasteiger partial charge in [0.15, 0.2) is 0 Å². The first-order chi connectivity index (χ1) is 11.1. The quantitative estimate of drug-likeness (QED) is 0.895. The molecule has 3 rings (SSSR count). The van der Waals surface area contributed by atoms with Gasteiger partial charge in [0.25, 0.3) is 5.91 Å². The lowest BCUT2D eigenvalue weighted by molar-refractivity contribution is -0.138. The summed E-state index contributed by atoms with van der Waals surface area (Å²) in [5.74, 6) is -1.27. The van der Waals surface area contributed by atoms with E-state index >= 15 is 0 Å². The van der Waals surface area contributed by atoms with Crippen molar-refractivity contribution in [1.29, 1.82) is 0 Å². The summed E-state index contributed by atoms with van der Waals surface area (Å²) in [6, 6.07) is 1.85. The monoisotopic (exact) mass is 352 g/mol. The number of nitrogens with zero attached hydrogens (tertiary/aromatic N) is 2. The number of carbonyl (C=O) groups is 2. The summed E-state index contributed by atoms with van der Waals surface area (Å²) in [5, 5.41) is 13.8. The number of thiazole rings is 1. The second kappa shape index (κ2) is 7.20. The second-order valence-electron chi connectivity index (χ2n) is 5.21. The molecule has 0 saturated carbocycles. The molecule has 1 saturated heterocycles. The molecule has 1 amide bonds. The maximum atomic E-state index is 12.8. The number of carbonyl (C=O) groups excluding carboxylic acids is 1. The van der Waals surface area contributed by atoms with Crippen LogP contribution in [0.1, 0.15) is 22.5 Å². The molecule has 1 aliphatic rings. The Morgan fingerprint density at radius 1 is 1.39 bits per heavy atom. The van der Waals surface area contributed by atoms with Gasteiger partial charge in [-0.25, -0.2) is 4.98 Å². The van der Waals surface area contributed by atoms with E-state index in [-0.39, 0.29) is 18.5 Å². The molecule has 1 N–H and O–H groups in total. The first-order valence-electron chi connectivity index (χ1n) is 7.24. The minimum absolute atomic E-state index is 0.0981. The van der Waals surface area contributed by atoms with Gasteiger partial charge in [-0.2, -0.15) is 11.3 Å². The molecule has 0 unspecified atom stereocenters. The lowest BCUT2D eigenvalue weighted by Crippen LogP contribution is -2.45. The average Bonchev–Trinajstić information content (AvgIpc) is 3.23. The van der Waals surface area contributed by atoms with Crippen molar-refractivity contribution in [2.45, 2.75) is 18.9 Å². The normalized spacial score (nSPS) is 15.5. The lowest BCUT2D eigenvalue weighted by Gasteiger charge is -2.32. The molecule has 6 nitrogen and oxygen atoms in total. The van der Waals surface area contributed by atoms with Gasteiger partial charge in [-0.1, -0.05) is 0 Å². The Kier molecular flexibility index (Phi) is 5.04. The molecule has 0 radical (unpaired) electrons. The Morgan fingerprint density at radius 2 is 2.17 bits per heavy atom. The number of carboxylic acids is 1. The van der Waals surface area contributed by atoms with Gasteiger partial charge in [-0.05, 0) is 24.3 Å². The molecule has 1 aliphatic heterocycles. The first-order valence-corrected chi connectivity index (χ1v) is 9.00. The van der Waals surface area contributed by atoms with Gasteiger partial charge in [0.05, 0.1) is 6.20 Å². The standard InChI is InChI=1S/C15H16N2O4S2/c18-13(19)8-17(11-1-4-21-5-2-11)15(20)12-7-16-14(23-12)10-3-6-22-9-10/h3,6-7,9,11H,1-2,4-5,8H2,(H,18,19). The number of ether oxygens (including phenoxy) is 1. The van der Waals surface area contributed by atoms with Gasteiger partial charge in [0, 0.05) is 30.2 Å². The van der Waals surface area contributed by atoms with E-state index in [9.17, 15) is 9.59 Å². The van der Waals surface area contributed by atoms with Gasteiger partial charge >= 0.3 is 5.97 Å². The van der Waals surface area contributed by atoms with Crippen LogP contribution >= 0.6 is 22.7 Å². The van der Waals surface area contributed by atoms with Crippen LogP contribution in [-0.4, -0.2) is 52.7 Å². The highest BCUT2D eigenvalue weighted by molar-refractivity contribution is 7.17. The number of rotatable bonds is 5. The molecular weight excluding hydrogens is 336 g/mol. The number of hydrogen-bond donors (Lipinski definition) is 1. The highest BCUT2D eigenvalue weighted by Crippen LogP contribution is 2.28. The van der Waals surface area contributed by atoms with Gasteiger partial charge in [0.2, 0.25) is 0 Å². The molecule has 1 fully saturated rings. The van der Waals surface area contributed by atoms with Crippen LogP contribution in [0.25, 0.3) is 10.6 Å². The summed E-state index contributed by atoms with van der Waals surface area (Å²) in [6.45, 7) is 0.809. The minimum atomic E-state index is -1.01. The topological polar surface area (TPSA) is 79.7 Å². The van der Waals surface area contributed by atoms with Crippen molar-refractivity contribution in [2.75, 3.05) is 19.8 Å². The number of thiophene rings is 1. The zero-order valence-corrected chi connectivity index (χ0v) is 13.9. The first kappa shape index (κ1) is 16.1. The summed E-state index contributed by atoms with van der Waals surface area (Å²) in [6.07, 6.45) is 2.86. The molecule has 3 heterocycles. The number of aromatic nitrogens is 1. The van der Waals surface area contributed by atoms with Crippen LogP contribution < -0.4 is 0 Å². The Bertz CT molecular complexity index is 677. The zero-order valence-electron chi connectivity index (χ0n) is 12.3. The molecule has 0 aliphatic carbocycles. The van der Waals surface area contributed by atoms with Crippen LogP contribution in [0.3, 0.4) is 0 Å². The van der Waals surface area contributed by atoms with Crippen LogP contribution in [0.5, 0.6) is 0 Å². The molecule has 23 heavy (non-hydrogen) atoms. The molecule has 0 aromatic carbocycles. The van der Waals surface area contributed by atoms with Crippen LogP contribution in [0, 0.1) is 0 Å². The third-order valence-corrected chi connectivity index (χ3v) is 5.40. The van der Waals surface area contributed by atoms with Crippen molar-refractivity contribution in [1.82, 2.24) is 9.88 Å². The summed E-state index contributed by atoms with van der Waals surface area (Å²) >= 11 is 2.87. The minimum Gasteiger partial charge on any atom is -0.480 e. The maximum absolute atomic E-state index is 12.8. The number of aliphatic carboxylic acids is 1. The number of hydrogen-bond acceptors (Lipinski definition) is 6. The molecule has 2 aromatic heterocycles. The highest BCUT2D eigenvalue weighted by atomic mass is 32.1. The van der Waals surface area contributed by atoms with Crippen LogP contribution in [0.2, 0.25) is 0 Å². The maximum Gasteiger partial charge on any atom is 0.323 e. The van der Waals surface area contributed by atoms with Gasteiger partial charge in [0.1, 0.15) is 16.4 Å². The fraction of sp³-hybridized carbons (Fsp3) is 0.400. The Morgan fingerprint density at radius 3 is 2.83 bits per heavy atom. The predicted octanol–water partition coefficient (Wildman–Crippen LogP) is 2.58. The molecule has 8 heteroatoms. The summed E-state index contributed by atoms with van der Waals surface area (Å²) in [4.78, 5) is 30.1. The smallest absolute Gasteiger partial charge is 0.323 e. The Hall–Kier alpha value is -1.77. The molecular formula is C15H16N2O4S2. The summed E-state index contributed by atoms with van der Waals surface area (Å²) in [7, 11) is 0. The molecule has 0 bridgehead atoms. The van der Waals surface area contributed by atoms with Crippen LogP contribution in [0.15, 0.2) is 23.0 Å². The second-order valence-corrected chi connectivity index (χ2v) is 7.02. The van der Waals surface area contributed by atoms with E-state index in [1.807, 2.05) is 16.8 Å². The lowest BCUT2D eigenvalue weighted by atomic mass is 10.1. The third kappa shape index (κ3) is 3.77. The highest BCUT2D eigenvalue weighted by Gasteiger charge is 2.29. The van der Waals surface area contributed by atoms with Gasteiger partial charge in [-0.3, -0.25) is 9.59 Å².